The van der Waals surface area contributed by atoms with Gasteiger partial charge >= 0.3 is 0 Å². The van der Waals surface area contributed by atoms with E-state index in [1.807, 2.05) is 6.07 Å². The third kappa shape index (κ3) is 6.31. The Bertz CT molecular complexity index is 1470. The highest BCUT2D eigenvalue weighted by molar-refractivity contribution is 6.05. The van der Waals surface area contributed by atoms with Gasteiger partial charge < -0.3 is 19.3 Å². The second-order valence-electron chi connectivity index (χ2n) is 10.1. The first kappa shape index (κ1) is 28.9. The molecule has 1 aromatic heterocycles. The maximum atomic E-state index is 13.5. The maximum Gasteiger partial charge on any atom is 0.255 e. The van der Waals surface area contributed by atoms with Gasteiger partial charge in [-0.25, -0.2) is 4.39 Å². The Labute approximate surface area is 242 Å². The third-order valence-corrected chi connectivity index (χ3v) is 7.45. The van der Waals surface area contributed by atoms with Crippen molar-refractivity contribution >= 4 is 23.6 Å². The molecule has 2 atom stereocenters. The molecular formula is C31H31FN4O6. The van der Waals surface area contributed by atoms with E-state index in [1.54, 1.807) is 60.7 Å². The average Bonchev–Trinajstić information content (AvgIpc) is 3.33. The monoisotopic (exact) mass is 574 g/mol. The van der Waals surface area contributed by atoms with E-state index < -0.39 is 18.0 Å². The number of carbonyl (C=O) groups is 4. The third-order valence-electron chi connectivity index (χ3n) is 7.45. The molecule has 2 aromatic carbocycles. The van der Waals surface area contributed by atoms with Crippen molar-refractivity contribution in [3.63, 3.8) is 0 Å². The number of imide groups is 1. The van der Waals surface area contributed by atoms with Crippen molar-refractivity contribution in [2.45, 2.75) is 37.9 Å². The molecule has 1 fully saturated rings. The highest BCUT2D eigenvalue weighted by Gasteiger charge is 2.40. The minimum absolute atomic E-state index is 0.130. The van der Waals surface area contributed by atoms with Crippen LogP contribution in [0.25, 0.3) is 0 Å². The summed E-state index contributed by atoms with van der Waals surface area (Å²) < 4.78 is 25.1. The summed E-state index contributed by atoms with van der Waals surface area (Å²) in [5, 5.41) is 2.30. The number of benzene rings is 2. The van der Waals surface area contributed by atoms with Gasteiger partial charge in [0.05, 0.1) is 32.2 Å². The molecule has 4 amide bonds. The summed E-state index contributed by atoms with van der Waals surface area (Å²) >= 11 is 0. The number of hydrogen-bond donors (Lipinski definition) is 1. The largest absolute Gasteiger partial charge is 0.491 e. The first-order valence-electron chi connectivity index (χ1n) is 13.7. The number of amides is 4. The van der Waals surface area contributed by atoms with Gasteiger partial charge in [-0.2, -0.15) is 0 Å². The van der Waals surface area contributed by atoms with Gasteiger partial charge in [-0.15, -0.1) is 0 Å². The lowest BCUT2D eigenvalue weighted by molar-refractivity contribution is -0.137. The second-order valence-corrected chi connectivity index (χ2v) is 10.1. The summed E-state index contributed by atoms with van der Waals surface area (Å²) in [4.78, 5) is 57.1. The molecule has 0 spiro atoms. The minimum Gasteiger partial charge on any atom is -0.491 e. The zero-order valence-corrected chi connectivity index (χ0v) is 23.1. The molecule has 1 saturated heterocycles. The molecule has 2 aliphatic heterocycles. The number of fused-ring (bicyclic) bond motifs is 1. The van der Waals surface area contributed by atoms with Crippen molar-refractivity contribution in [1.29, 1.82) is 0 Å². The van der Waals surface area contributed by atoms with Crippen LogP contribution >= 0.6 is 0 Å². The van der Waals surface area contributed by atoms with Gasteiger partial charge in [0.1, 0.15) is 24.2 Å². The number of nitrogens with zero attached hydrogens (tertiary/aromatic N) is 3. The number of pyridine rings is 1. The number of ether oxygens (including phenoxy) is 2. The lowest BCUT2D eigenvalue weighted by Gasteiger charge is -2.29. The number of piperidine rings is 1. The van der Waals surface area contributed by atoms with E-state index in [0.717, 1.165) is 11.1 Å². The molecule has 10 nitrogen and oxygen atoms in total. The highest BCUT2D eigenvalue weighted by atomic mass is 19.1. The highest BCUT2D eigenvalue weighted by Crippen LogP contribution is 2.33. The normalized spacial score (nSPS) is 17.0. The molecule has 3 heterocycles. The van der Waals surface area contributed by atoms with Crippen LogP contribution in [0.15, 0.2) is 67.0 Å². The van der Waals surface area contributed by atoms with Crippen LogP contribution in [0.5, 0.6) is 5.75 Å². The fourth-order valence-corrected chi connectivity index (χ4v) is 5.31. The smallest absolute Gasteiger partial charge is 0.255 e. The van der Waals surface area contributed by atoms with Crippen LogP contribution in [0.1, 0.15) is 52.4 Å². The van der Waals surface area contributed by atoms with Gasteiger partial charge in [-0.1, -0.05) is 24.3 Å². The molecule has 1 unspecified atom stereocenters. The van der Waals surface area contributed by atoms with Crippen molar-refractivity contribution in [2.75, 3.05) is 26.9 Å². The van der Waals surface area contributed by atoms with Crippen molar-refractivity contribution in [3.8, 4) is 5.75 Å². The van der Waals surface area contributed by atoms with Gasteiger partial charge in [0.2, 0.25) is 17.7 Å². The van der Waals surface area contributed by atoms with Crippen LogP contribution in [-0.2, 0) is 25.7 Å². The topological polar surface area (TPSA) is 118 Å². The Balaban J connectivity index is 1.12. The number of carbonyl (C=O) groups excluding carboxylic acids is 4. The number of halogens is 1. The zero-order chi connectivity index (χ0) is 29.6. The molecule has 0 aliphatic carbocycles. The fraction of sp³-hybridized carbons (Fsp3) is 0.323. The summed E-state index contributed by atoms with van der Waals surface area (Å²) in [5.41, 5.74) is 2.72. The van der Waals surface area contributed by atoms with Gasteiger partial charge in [-0.05, 0) is 47.9 Å². The van der Waals surface area contributed by atoms with Crippen molar-refractivity contribution in [1.82, 2.24) is 20.1 Å². The summed E-state index contributed by atoms with van der Waals surface area (Å²) in [7, 11) is 1.70. The van der Waals surface area contributed by atoms with Crippen LogP contribution in [0, 0.1) is 5.82 Å². The van der Waals surface area contributed by atoms with Crippen LogP contribution in [0.3, 0.4) is 0 Å². The second kappa shape index (κ2) is 12.9. The molecule has 1 N–H and O–H groups in total. The number of hydrogen-bond acceptors (Lipinski definition) is 7. The van der Waals surface area contributed by atoms with Crippen molar-refractivity contribution in [2.24, 2.45) is 0 Å². The van der Waals surface area contributed by atoms with Crippen molar-refractivity contribution in [3.05, 3.63) is 95.1 Å². The fourth-order valence-electron chi connectivity index (χ4n) is 5.31. The zero-order valence-electron chi connectivity index (χ0n) is 23.1. The van der Waals surface area contributed by atoms with E-state index in [2.05, 4.69) is 10.3 Å². The SMILES string of the molecule is CN(C(=O)CCOCCOc1cccc2c1CN([C@H]1CCC(=O)NC1=O)C2=O)C(c1ccc(F)cc1)c1cccnc1. The number of nitrogens with one attached hydrogen (secondary N) is 1. The molecule has 5 rings (SSSR count). The molecule has 218 valence electrons. The Morgan fingerprint density at radius 2 is 1.88 bits per heavy atom. The van der Waals surface area contributed by atoms with Crippen molar-refractivity contribution < 1.29 is 33.0 Å². The summed E-state index contributed by atoms with van der Waals surface area (Å²) in [6.07, 6.45) is 3.94. The molecule has 3 aromatic rings. The van der Waals surface area contributed by atoms with Crippen LogP contribution < -0.4 is 10.1 Å². The molecule has 0 saturated carbocycles. The van der Waals surface area contributed by atoms with Gasteiger partial charge in [-0.3, -0.25) is 29.5 Å². The predicted molar refractivity (Wildman–Crippen MR) is 149 cm³/mol. The first-order valence-corrected chi connectivity index (χ1v) is 13.7. The van der Waals surface area contributed by atoms with E-state index in [1.165, 1.54) is 17.0 Å². The lowest BCUT2D eigenvalue weighted by atomic mass is 9.98. The molecular weight excluding hydrogens is 543 g/mol. The summed E-state index contributed by atoms with van der Waals surface area (Å²) in [5.74, 6) is -1.05. The molecule has 11 heteroatoms. The van der Waals surface area contributed by atoms with Gasteiger partial charge in [0.25, 0.3) is 5.91 Å². The lowest BCUT2D eigenvalue weighted by Crippen LogP contribution is -2.52. The van der Waals surface area contributed by atoms with Crippen LogP contribution in [0.4, 0.5) is 4.39 Å². The molecule has 2 aliphatic rings. The summed E-state index contributed by atoms with van der Waals surface area (Å²) in [6.45, 7) is 0.797. The quantitative estimate of drug-likeness (QED) is 0.276. The Hall–Kier alpha value is -4.64. The molecule has 0 radical (unpaired) electrons. The standard InChI is InChI=1S/C31H31FN4O6/c1-35(29(21-4-3-14-33-18-21)20-7-9-22(32)10-8-20)28(38)13-15-41-16-17-42-26-6-2-5-23-24(26)19-36(31(23)40)25-11-12-27(37)34-30(25)39/h2-10,14,18,25,29H,11-13,15-17,19H2,1H3,(H,34,37,39)/t25-,29?/m0/s1. The van der Waals surface area contributed by atoms with E-state index in [-0.39, 0.29) is 69.2 Å². The van der Waals surface area contributed by atoms with Crippen LogP contribution in [-0.4, -0.2) is 71.3 Å². The van der Waals surface area contributed by atoms with Gasteiger partial charge in [0.15, 0.2) is 0 Å². The predicted octanol–water partition coefficient (Wildman–Crippen LogP) is 3.02. The Morgan fingerprint density at radius 1 is 1.07 bits per heavy atom. The van der Waals surface area contributed by atoms with Gasteiger partial charge in [0, 0.05) is 37.0 Å². The summed E-state index contributed by atoms with van der Waals surface area (Å²) in [6, 6.07) is 13.7. The minimum atomic E-state index is -0.699. The number of rotatable bonds is 11. The Kier molecular flexibility index (Phi) is 8.87. The van der Waals surface area contributed by atoms with Crippen LogP contribution in [0.2, 0.25) is 0 Å². The molecule has 0 bridgehead atoms. The van der Waals surface area contributed by atoms with E-state index in [4.69, 9.17) is 9.47 Å². The average molecular weight is 575 g/mol. The van der Waals surface area contributed by atoms with E-state index in [0.29, 0.717) is 16.9 Å². The van der Waals surface area contributed by atoms with E-state index >= 15 is 0 Å². The maximum absolute atomic E-state index is 13.5. The van der Waals surface area contributed by atoms with E-state index in [9.17, 15) is 23.6 Å². The molecule has 42 heavy (non-hydrogen) atoms. The first-order chi connectivity index (χ1) is 20.3. The Morgan fingerprint density at radius 3 is 2.62 bits per heavy atom. The number of aromatic nitrogens is 1.